The Labute approximate surface area is 132 Å². The molecule has 120 valence electrons. The predicted octanol–water partition coefficient (Wildman–Crippen LogP) is 6.50. The molecular formula is C20H35N. The molecule has 1 aromatic rings. The summed E-state index contributed by atoms with van der Waals surface area (Å²) < 4.78 is 0. The van der Waals surface area contributed by atoms with Gasteiger partial charge >= 0.3 is 0 Å². The molecule has 21 heavy (non-hydrogen) atoms. The van der Waals surface area contributed by atoms with E-state index in [4.69, 9.17) is 0 Å². The van der Waals surface area contributed by atoms with Crippen molar-refractivity contribution in [3.63, 3.8) is 0 Å². The molecule has 0 bridgehead atoms. The number of anilines is 1. The van der Waals surface area contributed by atoms with Crippen LogP contribution in [0.1, 0.15) is 83.3 Å². The average Bonchev–Trinajstić information content (AvgIpc) is 2.49. The number of benzene rings is 1. The van der Waals surface area contributed by atoms with E-state index in [0.29, 0.717) is 6.04 Å². The largest absolute Gasteiger partial charge is 0.382 e. The zero-order chi connectivity index (χ0) is 15.5. The molecule has 0 fully saturated rings. The lowest BCUT2D eigenvalue weighted by Gasteiger charge is -2.23. The van der Waals surface area contributed by atoms with Crippen molar-refractivity contribution in [1.29, 1.82) is 0 Å². The van der Waals surface area contributed by atoms with Crippen molar-refractivity contribution in [1.82, 2.24) is 0 Å². The van der Waals surface area contributed by atoms with Crippen LogP contribution < -0.4 is 5.32 Å². The molecule has 0 aliphatic carbocycles. The molecule has 1 N–H and O–H groups in total. The van der Waals surface area contributed by atoms with Crippen molar-refractivity contribution in [2.24, 2.45) is 0 Å². The summed E-state index contributed by atoms with van der Waals surface area (Å²) in [6.07, 6.45) is 11.8. The summed E-state index contributed by atoms with van der Waals surface area (Å²) in [5.41, 5.74) is 4.26. The van der Waals surface area contributed by atoms with Gasteiger partial charge in [0.1, 0.15) is 0 Å². The molecular weight excluding hydrogens is 254 g/mol. The fourth-order valence-corrected chi connectivity index (χ4v) is 3.00. The number of aryl methyl sites for hydroxylation is 2. The van der Waals surface area contributed by atoms with E-state index < -0.39 is 0 Å². The average molecular weight is 290 g/mol. The Balaban J connectivity index is 2.69. The van der Waals surface area contributed by atoms with Crippen molar-refractivity contribution < 1.29 is 0 Å². The normalized spacial score (nSPS) is 11.1. The quantitative estimate of drug-likeness (QED) is 0.458. The monoisotopic (exact) mass is 289 g/mol. The third-order valence-electron chi connectivity index (χ3n) is 4.40. The minimum Gasteiger partial charge on any atom is -0.382 e. The zero-order valence-electron chi connectivity index (χ0n) is 14.7. The van der Waals surface area contributed by atoms with Gasteiger partial charge in [0, 0.05) is 11.7 Å². The van der Waals surface area contributed by atoms with E-state index in [2.05, 4.69) is 51.2 Å². The van der Waals surface area contributed by atoms with Crippen LogP contribution in [0.25, 0.3) is 0 Å². The van der Waals surface area contributed by atoms with Crippen LogP contribution in [0.3, 0.4) is 0 Å². The SMILES string of the molecule is CCCCCC(CCCCC)Nc1c(C)cccc1CC. The van der Waals surface area contributed by atoms with Gasteiger partial charge in [-0.3, -0.25) is 0 Å². The Morgan fingerprint density at radius 3 is 2.05 bits per heavy atom. The highest BCUT2D eigenvalue weighted by Gasteiger charge is 2.11. The maximum Gasteiger partial charge on any atom is 0.0404 e. The van der Waals surface area contributed by atoms with E-state index >= 15 is 0 Å². The standard InChI is InChI=1S/C20H35N/c1-5-8-10-15-19(16-11-9-6-2)21-20-17(4)13-12-14-18(20)7-3/h12-14,19,21H,5-11,15-16H2,1-4H3. The van der Waals surface area contributed by atoms with Gasteiger partial charge in [-0.1, -0.05) is 77.5 Å². The van der Waals surface area contributed by atoms with Crippen molar-refractivity contribution in [3.05, 3.63) is 29.3 Å². The van der Waals surface area contributed by atoms with Crippen LogP contribution in [0.4, 0.5) is 5.69 Å². The summed E-state index contributed by atoms with van der Waals surface area (Å²) in [6, 6.07) is 7.33. The highest BCUT2D eigenvalue weighted by atomic mass is 14.9. The third kappa shape index (κ3) is 6.54. The number of para-hydroxylation sites is 1. The molecule has 0 aliphatic heterocycles. The van der Waals surface area contributed by atoms with E-state index in [0.717, 1.165) is 6.42 Å². The molecule has 0 atom stereocenters. The zero-order valence-corrected chi connectivity index (χ0v) is 14.7. The van der Waals surface area contributed by atoms with Crippen LogP contribution in [0.15, 0.2) is 18.2 Å². The molecule has 1 heteroatoms. The minimum absolute atomic E-state index is 0.648. The summed E-state index contributed by atoms with van der Waals surface area (Å²) >= 11 is 0. The van der Waals surface area contributed by atoms with E-state index in [-0.39, 0.29) is 0 Å². The maximum absolute atomic E-state index is 3.88. The first-order valence-electron chi connectivity index (χ1n) is 9.07. The summed E-state index contributed by atoms with van der Waals surface area (Å²) in [6.45, 7) is 9.06. The van der Waals surface area contributed by atoms with Gasteiger partial charge in [-0.25, -0.2) is 0 Å². The van der Waals surface area contributed by atoms with Crippen LogP contribution in [0.2, 0.25) is 0 Å². The maximum atomic E-state index is 3.88. The van der Waals surface area contributed by atoms with Gasteiger partial charge in [0.15, 0.2) is 0 Å². The number of nitrogens with one attached hydrogen (secondary N) is 1. The smallest absolute Gasteiger partial charge is 0.0404 e. The van der Waals surface area contributed by atoms with Gasteiger partial charge in [0.2, 0.25) is 0 Å². The van der Waals surface area contributed by atoms with Gasteiger partial charge in [0.05, 0.1) is 0 Å². The molecule has 1 nitrogen and oxygen atoms in total. The summed E-state index contributed by atoms with van der Waals surface area (Å²) in [7, 11) is 0. The van der Waals surface area contributed by atoms with Gasteiger partial charge in [-0.15, -0.1) is 0 Å². The number of unbranched alkanes of at least 4 members (excludes halogenated alkanes) is 4. The van der Waals surface area contributed by atoms with Crippen LogP contribution in [0, 0.1) is 6.92 Å². The van der Waals surface area contributed by atoms with Crippen LogP contribution in [-0.4, -0.2) is 6.04 Å². The Morgan fingerprint density at radius 1 is 0.905 bits per heavy atom. The number of hydrogen-bond donors (Lipinski definition) is 1. The first-order chi connectivity index (χ1) is 10.2. The molecule has 0 saturated carbocycles. The van der Waals surface area contributed by atoms with Crippen LogP contribution in [0.5, 0.6) is 0 Å². The fraction of sp³-hybridized carbons (Fsp3) is 0.700. The topological polar surface area (TPSA) is 12.0 Å². The van der Waals surface area contributed by atoms with Gasteiger partial charge in [-0.05, 0) is 37.3 Å². The molecule has 0 aromatic heterocycles. The molecule has 0 aliphatic rings. The second kappa shape index (κ2) is 10.7. The predicted molar refractivity (Wildman–Crippen MR) is 96.3 cm³/mol. The molecule has 0 heterocycles. The summed E-state index contributed by atoms with van der Waals surface area (Å²) in [4.78, 5) is 0. The molecule has 0 saturated heterocycles. The molecule has 0 radical (unpaired) electrons. The first-order valence-corrected chi connectivity index (χ1v) is 9.07. The Morgan fingerprint density at radius 2 is 1.52 bits per heavy atom. The number of hydrogen-bond acceptors (Lipinski definition) is 1. The third-order valence-corrected chi connectivity index (χ3v) is 4.40. The Kier molecular flexibility index (Phi) is 9.21. The van der Waals surface area contributed by atoms with Gasteiger partial charge in [0.25, 0.3) is 0 Å². The van der Waals surface area contributed by atoms with Crippen molar-refractivity contribution in [2.75, 3.05) is 5.32 Å². The lowest BCUT2D eigenvalue weighted by Crippen LogP contribution is -2.21. The molecule has 0 amide bonds. The van der Waals surface area contributed by atoms with Crippen molar-refractivity contribution in [3.8, 4) is 0 Å². The van der Waals surface area contributed by atoms with E-state index in [1.807, 2.05) is 0 Å². The minimum atomic E-state index is 0.648. The molecule has 1 rings (SSSR count). The molecule has 1 aromatic carbocycles. The highest BCUT2D eigenvalue weighted by Crippen LogP contribution is 2.24. The van der Waals surface area contributed by atoms with E-state index in [1.54, 1.807) is 0 Å². The Bertz CT molecular complexity index is 373. The fourth-order valence-electron chi connectivity index (χ4n) is 3.00. The van der Waals surface area contributed by atoms with Crippen LogP contribution >= 0.6 is 0 Å². The molecule has 0 unspecified atom stereocenters. The highest BCUT2D eigenvalue weighted by molar-refractivity contribution is 5.57. The van der Waals surface area contributed by atoms with Crippen LogP contribution in [-0.2, 0) is 6.42 Å². The first kappa shape index (κ1) is 18.1. The van der Waals surface area contributed by atoms with Crippen molar-refractivity contribution >= 4 is 5.69 Å². The van der Waals surface area contributed by atoms with Crippen molar-refractivity contribution in [2.45, 2.75) is 91.5 Å². The second-order valence-corrected chi connectivity index (χ2v) is 6.30. The molecule has 0 spiro atoms. The second-order valence-electron chi connectivity index (χ2n) is 6.30. The Hall–Kier alpha value is -0.980. The van der Waals surface area contributed by atoms with Gasteiger partial charge in [-0.2, -0.15) is 0 Å². The van der Waals surface area contributed by atoms with E-state index in [9.17, 15) is 0 Å². The summed E-state index contributed by atoms with van der Waals surface area (Å²) in [5, 5.41) is 3.88. The lowest BCUT2D eigenvalue weighted by atomic mass is 9.99. The number of rotatable bonds is 11. The van der Waals surface area contributed by atoms with E-state index in [1.165, 1.54) is 68.2 Å². The van der Waals surface area contributed by atoms with Gasteiger partial charge < -0.3 is 5.32 Å². The lowest BCUT2D eigenvalue weighted by molar-refractivity contribution is 0.526. The summed E-state index contributed by atoms with van der Waals surface area (Å²) in [5.74, 6) is 0.